The summed E-state index contributed by atoms with van der Waals surface area (Å²) in [4.78, 5) is 0. The van der Waals surface area contributed by atoms with Crippen molar-refractivity contribution >= 4 is 0 Å². The molecule has 96 valence electrons. The van der Waals surface area contributed by atoms with Gasteiger partial charge in [-0.15, -0.1) is 0 Å². The maximum absolute atomic E-state index is 10.1. The van der Waals surface area contributed by atoms with E-state index in [2.05, 4.69) is 33.0 Å². The van der Waals surface area contributed by atoms with Gasteiger partial charge in [0.2, 0.25) is 0 Å². The average Bonchev–Trinajstić information content (AvgIpc) is 2.14. The highest BCUT2D eigenvalue weighted by Gasteiger charge is 2.44. The Morgan fingerprint density at radius 1 is 1.25 bits per heavy atom. The van der Waals surface area contributed by atoms with Crippen LogP contribution >= 0.6 is 0 Å². The van der Waals surface area contributed by atoms with Gasteiger partial charge in [0.15, 0.2) is 0 Å². The predicted molar refractivity (Wildman–Crippen MR) is 66.5 cm³/mol. The van der Waals surface area contributed by atoms with E-state index in [0.29, 0.717) is 6.04 Å². The van der Waals surface area contributed by atoms with Gasteiger partial charge in [0.1, 0.15) is 0 Å². The van der Waals surface area contributed by atoms with Crippen LogP contribution in [0.15, 0.2) is 0 Å². The Balaban J connectivity index is 2.57. The summed E-state index contributed by atoms with van der Waals surface area (Å²) in [7, 11) is 0. The van der Waals surface area contributed by atoms with E-state index in [0.717, 1.165) is 32.4 Å². The Bertz CT molecular complexity index is 210. The highest BCUT2D eigenvalue weighted by Crippen LogP contribution is 2.36. The van der Waals surface area contributed by atoms with Crippen molar-refractivity contribution in [3.63, 3.8) is 0 Å². The minimum Gasteiger partial charge on any atom is -0.330 e. The van der Waals surface area contributed by atoms with E-state index in [-0.39, 0.29) is 11.1 Å². The quantitative estimate of drug-likeness (QED) is 0.637. The van der Waals surface area contributed by atoms with E-state index in [1.54, 1.807) is 0 Å². The topological polar surface area (TPSA) is 61.5 Å². The summed E-state index contributed by atoms with van der Waals surface area (Å²) in [6.45, 7) is 10.1. The molecular formula is C12H27N3O. The highest BCUT2D eigenvalue weighted by molar-refractivity contribution is 4.98. The van der Waals surface area contributed by atoms with E-state index < -0.39 is 0 Å². The van der Waals surface area contributed by atoms with Crippen LogP contribution in [-0.2, 0) is 0 Å². The first kappa shape index (κ1) is 13.9. The van der Waals surface area contributed by atoms with Crippen molar-refractivity contribution in [1.29, 1.82) is 0 Å². The van der Waals surface area contributed by atoms with Crippen molar-refractivity contribution < 1.29 is 5.21 Å². The van der Waals surface area contributed by atoms with Crippen LogP contribution in [0.2, 0.25) is 0 Å². The first-order valence-corrected chi connectivity index (χ1v) is 6.22. The summed E-state index contributed by atoms with van der Waals surface area (Å²) in [6.07, 6.45) is 2.95. The van der Waals surface area contributed by atoms with Gasteiger partial charge in [0, 0.05) is 17.1 Å². The molecule has 1 aliphatic rings. The first-order chi connectivity index (χ1) is 7.29. The van der Waals surface area contributed by atoms with E-state index in [1.165, 1.54) is 5.06 Å². The lowest BCUT2D eigenvalue weighted by Crippen LogP contribution is -2.62. The summed E-state index contributed by atoms with van der Waals surface area (Å²) >= 11 is 0. The zero-order valence-electron chi connectivity index (χ0n) is 11.1. The number of hydroxylamine groups is 2. The summed E-state index contributed by atoms with van der Waals surface area (Å²) in [5.74, 6) is 0. The Labute approximate surface area is 99.1 Å². The van der Waals surface area contributed by atoms with E-state index in [1.807, 2.05) is 0 Å². The van der Waals surface area contributed by atoms with Gasteiger partial charge in [0.05, 0.1) is 0 Å². The van der Waals surface area contributed by atoms with E-state index in [9.17, 15) is 5.21 Å². The van der Waals surface area contributed by atoms with Crippen LogP contribution in [0, 0.1) is 0 Å². The molecule has 1 fully saturated rings. The molecule has 16 heavy (non-hydrogen) atoms. The molecule has 0 radical (unpaired) electrons. The van der Waals surface area contributed by atoms with Gasteiger partial charge in [0.25, 0.3) is 0 Å². The second-order valence-corrected chi connectivity index (χ2v) is 6.14. The van der Waals surface area contributed by atoms with E-state index >= 15 is 0 Å². The van der Waals surface area contributed by atoms with Crippen LogP contribution < -0.4 is 11.1 Å². The van der Waals surface area contributed by atoms with Crippen LogP contribution in [0.1, 0.15) is 47.0 Å². The average molecular weight is 229 g/mol. The Morgan fingerprint density at radius 3 is 2.19 bits per heavy atom. The first-order valence-electron chi connectivity index (χ1n) is 6.22. The normalized spacial score (nSPS) is 25.9. The lowest BCUT2D eigenvalue weighted by molar-refractivity contribution is -0.246. The van der Waals surface area contributed by atoms with Crippen LogP contribution in [0.4, 0.5) is 0 Å². The van der Waals surface area contributed by atoms with Crippen molar-refractivity contribution in [1.82, 2.24) is 10.4 Å². The maximum Gasteiger partial charge on any atom is 0.0425 e. The molecule has 0 spiro atoms. The molecule has 4 heteroatoms. The van der Waals surface area contributed by atoms with Crippen molar-refractivity contribution in [3.05, 3.63) is 0 Å². The fourth-order valence-corrected chi connectivity index (χ4v) is 2.82. The number of nitrogens with two attached hydrogens (primary N) is 1. The smallest absolute Gasteiger partial charge is 0.0425 e. The van der Waals surface area contributed by atoms with Crippen molar-refractivity contribution in [2.45, 2.75) is 64.1 Å². The van der Waals surface area contributed by atoms with Gasteiger partial charge in [-0.3, -0.25) is 0 Å². The molecule has 0 aromatic carbocycles. The van der Waals surface area contributed by atoms with Crippen molar-refractivity contribution in [2.75, 3.05) is 13.1 Å². The van der Waals surface area contributed by atoms with Gasteiger partial charge < -0.3 is 16.3 Å². The third-order valence-electron chi connectivity index (χ3n) is 3.45. The number of nitrogens with one attached hydrogen (secondary N) is 1. The minimum absolute atomic E-state index is 0.165. The zero-order valence-corrected chi connectivity index (χ0v) is 11.1. The SMILES string of the molecule is CC1(C)CC(NCCCN)CC(C)(C)N1O. The molecule has 0 atom stereocenters. The Kier molecular flexibility index (Phi) is 4.35. The minimum atomic E-state index is -0.165. The van der Waals surface area contributed by atoms with Gasteiger partial charge in [-0.1, -0.05) is 0 Å². The second-order valence-electron chi connectivity index (χ2n) is 6.14. The number of hydrogen-bond donors (Lipinski definition) is 3. The standard InChI is InChI=1S/C12H27N3O/c1-11(2)8-10(14-7-5-6-13)9-12(3,4)15(11)16/h10,14,16H,5-9,13H2,1-4H3. The summed E-state index contributed by atoms with van der Waals surface area (Å²) in [6, 6.07) is 0.472. The molecule has 4 nitrogen and oxygen atoms in total. The summed E-state index contributed by atoms with van der Waals surface area (Å²) in [5.41, 5.74) is 5.16. The van der Waals surface area contributed by atoms with Gasteiger partial charge >= 0.3 is 0 Å². The van der Waals surface area contributed by atoms with Crippen molar-refractivity contribution in [2.24, 2.45) is 5.73 Å². The molecule has 0 bridgehead atoms. The third kappa shape index (κ3) is 3.17. The summed E-state index contributed by atoms with van der Waals surface area (Å²) in [5, 5.41) is 15.2. The predicted octanol–water partition coefficient (Wildman–Crippen LogP) is 1.34. The fourth-order valence-electron chi connectivity index (χ4n) is 2.82. The molecule has 0 aliphatic carbocycles. The molecule has 1 heterocycles. The molecule has 0 unspecified atom stereocenters. The second kappa shape index (κ2) is 5.00. The lowest BCUT2D eigenvalue weighted by atomic mass is 9.79. The van der Waals surface area contributed by atoms with Crippen LogP contribution in [0.3, 0.4) is 0 Å². The number of nitrogens with zero attached hydrogens (tertiary/aromatic N) is 1. The van der Waals surface area contributed by atoms with Crippen LogP contribution in [0.5, 0.6) is 0 Å². The molecule has 0 aromatic heterocycles. The number of piperidine rings is 1. The van der Waals surface area contributed by atoms with Gasteiger partial charge in [-0.25, -0.2) is 0 Å². The van der Waals surface area contributed by atoms with Crippen molar-refractivity contribution in [3.8, 4) is 0 Å². The lowest BCUT2D eigenvalue weighted by Gasteiger charge is -2.51. The monoisotopic (exact) mass is 229 g/mol. The van der Waals surface area contributed by atoms with Gasteiger partial charge in [-0.2, -0.15) is 5.06 Å². The molecular weight excluding hydrogens is 202 g/mol. The van der Waals surface area contributed by atoms with Crippen LogP contribution in [0.25, 0.3) is 0 Å². The maximum atomic E-state index is 10.1. The molecule has 1 saturated heterocycles. The fraction of sp³-hybridized carbons (Fsp3) is 1.00. The summed E-state index contributed by atoms with van der Waals surface area (Å²) < 4.78 is 0. The van der Waals surface area contributed by atoms with E-state index in [4.69, 9.17) is 5.73 Å². The Morgan fingerprint density at radius 2 is 1.75 bits per heavy atom. The molecule has 0 saturated carbocycles. The molecule has 1 aliphatic heterocycles. The molecule has 1 rings (SSSR count). The number of hydrogen-bond acceptors (Lipinski definition) is 4. The highest BCUT2D eigenvalue weighted by atomic mass is 16.5. The van der Waals surface area contributed by atoms with Gasteiger partial charge in [-0.05, 0) is 60.0 Å². The molecule has 0 aromatic rings. The van der Waals surface area contributed by atoms with Crippen LogP contribution in [-0.4, -0.2) is 40.5 Å². The third-order valence-corrected chi connectivity index (χ3v) is 3.45. The molecule has 4 N–H and O–H groups in total. The zero-order chi connectivity index (χ0) is 12.4. The largest absolute Gasteiger partial charge is 0.330 e. The Hall–Kier alpha value is -0.160. The number of rotatable bonds is 4. The molecule has 0 amide bonds.